The molecule has 0 unspecified atom stereocenters. The van der Waals surface area contributed by atoms with Crippen molar-refractivity contribution >= 4 is 44.0 Å². The molecule has 94 valence electrons. The number of rotatable bonds is 2. The van der Waals surface area contributed by atoms with E-state index in [-0.39, 0.29) is 11.9 Å². The molecule has 1 N–H and O–H groups in total. The Morgan fingerprint density at radius 2 is 2.06 bits per heavy atom. The topological polar surface area (TPSA) is 29.1 Å². The van der Waals surface area contributed by atoms with Gasteiger partial charge < -0.3 is 5.32 Å². The lowest BCUT2D eigenvalue weighted by Gasteiger charge is -2.24. The number of hydrogen-bond acceptors (Lipinski definition) is 2. The van der Waals surface area contributed by atoms with E-state index in [2.05, 4.69) is 21.2 Å². The molecular weight excluding hydrogens is 329 g/mol. The lowest BCUT2D eigenvalue weighted by atomic mass is 10.1. The molecule has 1 aromatic carbocycles. The monoisotopic (exact) mass is 339 g/mol. The van der Waals surface area contributed by atoms with Crippen LogP contribution in [0.15, 0.2) is 16.6 Å². The molecule has 2 rings (SSSR count). The average Bonchev–Trinajstić information content (AvgIpc) is 2.26. The molecular formula is C11H12BrClFNOS. The Hall–Kier alpha value is -0.130. The SMILES string of the molecule is O=S1CCC(Nc2c(Cl)cc(F)cc2Br)CC1. The second kappa shape index (κ2) is 5.67. The van der Waals surface area contributed by atoms with Gasteiger partial charge in [0.1, 0.15) is 5.82 Å². The van der Waals surface area contributed by atoms with Crippen molar-refractivity contribution in [2.45, 2.75) is 18.9 Å². The van der Waals surface area contributed by atoms with Crippen LogP contribution in [-0.4, -0.2) is 21.8 Å². The highest BCUT2D eigenvalue weighted by molar-refractivity contribution is 9.10. The molecule has 1 saturated heterocycles. The molecule has 1 heterocycles. The van der Waals surface area contributed by atoms with Crippen molar-refractivity contribution in [1.82, 2.24) is 0 Å². The molecule has 1 aliphatic rings. The van der Waals surface area contributed by atoms with Crippen LogP contribution in [-0.2, 0) is 10.8 Å². The van der Waals surface area contributed by atoms with Crippen LogP contribution in [0.25, 0.3) is 0 Å². The first-order valence-electron chi connectivity index (χ1n) is 5.32. The van der Waals surface area contributed by atoms with Crippen molar-refractivity contribution in [2.75, 3.05) is 16.8 Å². The fraction of sp³-hybridized carbons (Fsp3) is 0.455. The molecule has 17 heavy (non-hydrogen) atoms. The zero-order valence-electron chi connectivity index (χ0n) is 9.01. The predicted molar refractivity (Wildman–Crippen MR) is 73.6 cm³/mol. The van der Waals surface area contributed by atoms with Crippen LogP contribution in [0.5, 0.6) is 0 Å². The highest BCUT2D eigenvalue weighted by Crippen LogP contribution is 2.33. The average molecular weight is 341 g/mol. The molecule has 0 aliphatic carbocycles. The molecule has 0 atom stereocenters. The van der Waals surface area contributed by atoms with Crippen molar-refractivity contribution < 1.29 is 8.60 Å². The van der Waals surface area contributed by atoms with Crippen molar-refractivity contribution in [3.8, 4) is 0 Å². The largest absolute Gasteiger partial charge is 0.380 e. The summed E-state index contributed by atoms with van der Waals surface area (Å²) in [5.41, 5.74) is 0.714. The maximum absolute atomic E-state index is 13.1. The van der Waals surface area contributed by atoms with Crippen molar-refractivity contribution in [3.63, 3.8) is 0 Å². The maximum atomic E-state index is 13.1. The predicted octanol–water partition coefficient (Wildman–Crippen LogP) is 3.56. The Balaban J connectivity index is 2.11. The Morgan fingerprint density at radius 3 is 2.65 bits per heavy atom. The van der Waals surface area contributed by atoms with Gasteiger partial charge in [0.2, 0.25) is 0 Å². The Morgan fingerprint density at radius 1 is 1.41 bits per heavy atom. The summed E-state index contributed by atoms with van der Waals surface area (Å²) in [5.74, 6) is 1.07. The lowest BCUT2D eigenvalue weighted by Crippen LogP contribution is -2.29. The van der Waals surface area contributed by atoms with E-state index in [1.54, 1.807) is 0 Å². The molecule has 0 saturated carbocycles. The van der Waals surface area contributed by atoms with Gasteiger partial charge in [-0.05, 0) is 40.9 Å². The summed E-state index contributed by atoms with van der Waals surface area (Å²) < 4.78 is 24.9. The molecule has 0 radical (unpaired) electrons. The van der Waals surface area contributed by atoms with E-state index in [9.17, 15) is 8.60 Å². The minimum atomic E-state index is -0.678. The van der Waals surface area contributed by atoms with Gasteiger partial charge in [-0.15, -0.1) is 0 Å². The summed E-state index contributed by atoms with van der Waals surface area (Å²) in [6.45, 7) is 0. The molecule has 6 heteroatoms. The zero-order chi connectivity index (χ0) is 12.4. The van der Waals surface area contributed by atoms with Crippen LogP contribution in [0.3, 0.4) is 0 Å². The van der Waals surface area contributed by atoms with E-state index < -0.39 is 10.8 Å². The highest BCUT2D eigenvalue weighted by Gasteiger charge is 2.19. The van der Waals surface area contributed by atoms with E-state index >= 15 is 0 Å². The first-order chi connectivity index (χ1) is 8.06. The van der Waals surface area contributed by atoms with Crippen molar-refractivity contribution in [3.05, 3.63) is 27.4 Å². The first-order valence-corrected chi connectivity index (χ1v) is 7.98. The Bertz CT molecular complexity index is 424. The number of benzene rings is 1. The fourth-order valence-corrected chi connectivity index (χ4v) is 4.04. The van der Waals surface area contributed by atoms with Crippen LogP contribution < -0.4 is 5.32 Å². The van der Waals surface area contributed by atoms with E-state index in [0.717, 1.165) is 12.8 Å². The number of anilines is 1. The molecule has 0 amide bonds. The molecule has 2 nitrogen and oxygen atoms in total. The molecule has 1 fully saturated rings. The number of halogens is 3. The smallest absolute Gasteiger partial charge is 0.125 e. The quantitative estimate of drug-likeness (QED) is 0.892. The highest BCUT2D eigenvalue weighted by atomic mass is 79.9. The summed E-state index contributed by atoms with van der Waals surface area (Å²) in [6.07, 6.45) is 1.71. The van der Waals surface area contributed by atoms with Gasteiger partial charge in [0.05, 0.1) is 10.7 Å². The Kier molecular flexibility index (Phi) is 4.44. The summed E-state index contributed by atoms with van der Waals surface area (Å²) >= 11 is 9.28. The number of nitrogens with one attached hydrogen (secondary N) is 1. The van der Waals surface area contributed by atoms with Crippen molar-refractivity contribution in [1.29, 1.82) is 0 Å². The maximum Gasteiger partial charge on any atom is 0.125 e. The number of hydrogen-bond donors (Lipinski definition) is 1. The van der Waals surface area contributed by atoms with E-state index in [4.69, 9.17) is 11.6 Å². The standard InChI is InChI=1S/C11H12BrClFNOS/c12-9-5-7(14)6-10(13)11(9)15-8-1-3-17(16)4-2-8/h5-6,8,15H,1-4H2. The molecule has 0 aromatic heterocycles. The molecule has 0 bridgehead atoms. The van der Waals surface area contributed by atoms with Gasteiger partial charge in [0.15, 0.2) is 0 Å². The van der Waals surface area contributed by atoms with Crippen LogP contribution >= 0.6 is 27.5 Å². The van der Waals surface area contributed by atoms with Gasteiger partial charge in [0, 0.05) is 32.8 Å². The van der Waals surface area contributed by atoms with E-state index in [0.29, 0.717) is 26.7 Å². The van der Waals surface area contributed by atoms with Gasteiger partial charge in [-0.1, -0.05) is 11.6 Å². The van der Waals surface area contributed by atoms with Gasteiger partial charge in [-0.3, -0.25) is 4.21 Å². The Labute approximate surface area is 116 Å². The van der Waals surface area contributed by atoms with E-state index in [1.807, 2.05) is 0 Å². The van der Waals surface area contributed by atoms with E-state index in [1.165, 1.54) is 12.1 Å². The second-order valence-corrected chi connectivity index (χ2v) is 6.97. The third-order valence-electron chi connectivity index (χ3n) is 2.74. The summed E-state index contributed by atoms with van der Waals surface area (Å²) in [5, 5.41) is 3.65. The third kappa shape index (κ3) is 3.42. The summed E-state index contributed by atoms with van der Waals surface area (Å²) in [4.78, 5) is 0. The second-order valence-electron chi connectivity index (χ2n) is 4.01. The lowest BCUT2D eigenvalue weighted by molar-refractivity contribution is 0.620. The molecule has 1 aliphatic heterocycles. The van der Waals surface area contributed by atoms with Gasteiger partial charge in [0.25, 0.3) is 0 Å². The van der Waals surface area contributed by atoms with Gasteiger partial charge >= 0.3 is 0 Å². The van der Waals surface area contributed by atoms with Crippen LogP contribution in [0.1, 0.15) is 12.8 Å². The minimum absolute atomic E-state index is 0.256. The first kappa shape index (κ1) is 13.3. The minimum Gasteiger partial charge on any atom is -0.380 e. The normalized spacial score (nSPS) is 24.6. The zero-order valence-corrected chi connectivity index (χ0v) is 12.2. The van der Waals surface area contributed by atoms with Crippen molar-refractivity contribution in [2.24, 2.45) is 0 Å². The fourth-order valence-electron chi connectivity index (χ4n) is 1.82. The molecule has 0 spiro atoms. The molecule has 1 aromatic rings. The van der Waals surface area contributed by atoms with Crippen LogP contribution in [0.2, 0.25) is 5.02 Å². The van der Waals surface area contributed by atoms with Crippen LogP contribution in [0.4, 0.5) is 10.1 Å². The van der Waals surface area contributed by atoms with Gasteiger partial charge in [-0.2, -0.15) is 0 Å². The van der Waals surface area contributed by atoms with Gasteiger partial charge in [-0.25, -0.2) is 4.39 Å². The summed E-state index contributed by atoms with van der Waals surface area (Å²) in [6, 6.07) is 2.93. The third-order valence-corrected chi connectivity index (χ3v) is 5.05. The summed E-state index contributed by atoms with van der Waals surface area (Å²) in [7, 11) is -0.678. The van der Waals surface area contributed by atoms with Crippen LogP contribution in [0, 0.1) is 5.82 Å².